The lowest BCUT2D eigenvalue weighted by Crippen LogP contribution is -2.13. The van der Waals surface area contributed by atoms with Gasteiger partial charge in [-0.2, -0.15) is 0 Å². The van der Waals surface area contributed by atoms with Crippen molar-refractivity contribution in [2.45, 2.75) is 13.8 Å². The van der Waals surface area contributed by atoms with Crippen LogP contribution in [0.5, 0.6) is 0 Å². The fraction of sp³-hybridized carbons (Fsp3) is 0.188. The second-order valence-corrected chi connectivity index (χ2v) is 4.96. The van der Waals surface area contributed by atoms with Gasteiger partial charge in [0.1, 0.15) is 0 Å². The second-order valence-electron chi connectivity index (χ2n) is 4.52. The van der Waals surface area contributed by atoms with Crippen molar-refractivity contribution in [1.82, 2.24) is 0 Å². The zero-order valence-corrected chi connectivity index (χ0v) is 12.3. The first-order valence-electron chi connectivity index (χ1n) is 6.51. The molecule has 104 valence electrons. The summed E-state index contributed by atoms with van der Waals surface area (Å²) in [6.07, 6.45) is 0. The standard InChI is InChI=1S/C16H17ClN2O/c1-3-18-14-8-9-15(11(2)10-14)16(20)19-13-6-4-12(17)5-7-13/h4-10,18H,3H2,1-2H3,(H,19,20). The Hall–Kier alpha value is -2.00. The van der Waals surface area contributed by atoms with Gasteiger partial charge < -0.3 is 10.6 Å². The third-order valence-corrected chi connectivity index (χ3v) is 3.21. The summed E-state index contributed by atoms with van der Waals surface area (Å²) < 4.78 is 0. The SMILES string of the molecule is CCNc1ccc(C(=O)Nc2ccc(Cl)cc2)c(C)c1. The van der Waals surface area contributed by atoms with Gasteiger partial charge >= 0.3 is 0 Å². The third-order valence-electron chi connectivity index (χ3n) is 2.95. The smallest absolute Gasteiger partial charge is 0.255 e. The van der Waals surface area contributed by atoms with Gasteiger partial charge in [0, 0.05) is 28.5 Å². The molecule has 0 aliphatic carbocycles. The maximum absolute atomic E-state index is 12.2. The predicted octanol–water partition coefficient (Wildman–Crippen LogP) is 4.33. The predicted molar refractivity (Wildman–Crippen MR) is 84.7 cm³/mol. The van der Waals surface area contributed by atoms with Crippen LogP contribution in [0.3, 0.4) is 0 Å². The van der Waals surface area contributed by atoms with E-state index in [1.54, 1.807) is 24.3 Å². The number of aryl methyl sites for hydroxylation is 1. The molecule has 3 nitrogen and oxygen atoms in total. The largest absolute Gasteiger partial charge is 0.385 e. The number of benzene rings is 2. The van der Waals surface area contributed by atoms with Gasteiger partial charge in [0.15, 0.2) is 0 Å². The molecular weight excluding hydrogens is 272 g/mol. The highest BCUT2D eigenvalue weighted by Gasteiger charge is 2.09. The summed E-state index contributed by atoms with van der Waals surface area (Å²) in [4.78, 5) is 12.2. The van der Waals surface area contributed by atoms with Crippen LogP contribution in [0, 0.1) is 6.92 Å². The van der Waals surface area contributed by atoms with Crippen LogP contribution in [0.15, 0.2) is 42.5 Å². The average Bonchev–Trinajstić information content (AvgIpc) is 2.42. The van der Waals surface area contributed by atoms with E-state index in [0.717, 1.165) is 23.5 Å². The van der Waals surface area contributed by atoms with Gasteiger partial charge in [-0.15, -0.1) is 0 Å². The van der Waals surface area contributed by atoms with Crippen LogP contribution in [0.25, 0.3) is 0 Å². The summed E-state index contributed by atoms with van der Waals surface area (Å²) in [6.45, 7) is 4.82. The Kier molecular flexibility index (Phi) is 4.64. The summed E-state index contributed by atoms with van der Waals surface area (Å²) in [5.74, 6) is -0.118. The quantitative estimate of drug-likeness (QED) is 0.879. The van der Waals surface area contributed by atoms with Crippen LogP contribution < -0.4 is 10.6 Å². The number of halogens is 1. The summed E-state index contributed by atoms with van der Waals surface area (Å²) in [7, 11) is 0. The fourth-order valence-corrected chi connectivity index (χ4v) is 2.09. The fourth-order valence-electron chi connectivity index (χ4n) is 1.96. The normalized spacial score (nSPS) is 10.2. The lowest BCUT2D eigenvalue weighted by atomic mass is 10.1. The molecule has 0 aliphatic rings. The third kappa shape index (κ3) is 3.52. The Balaban J connectivity index is 2.14. The minimum atomic E-state index is -0.118. The van der Waals surface area contributed by atoms with Crippen molar-refractivity contribution in [3.8, 4) is 0 Å². The van der Waals surface area contributed by atoms with E-state index in [0.29, 0.717) is 10.6 Å². The van der Waals surface area contributed by atoms with Gasteiger partial charge in [0.05, 0.1) is 0 Å². The van der Waals surface area contributed by atoms with Crippen LogP contribution in [0.1, 0.15) is 22.8 Å². The van der Waals surface area contributed by atoms with Crippen LogP contribution in [-0.4, -0.2) is 12.5 Å². The van der Waals surface area contributed by atoms with Crippen molar-refractivity contribution in [2.24, 2.45) is 0 Å². The summed E-state index contributed by atoms with van der Waals surface area (Å²) in [5.41, 5.74) is 3.36. The topological polar surface area (TPSA) is 41.1 Å². The Morgan fingerprint density at radius 2 is 1.75 bits per heavy atom. The van der Waals surface area contributed by atoms with Gasteiger partial charge in [-0.25, -0.2) is 0 Å². The van der Waals surface area contributed by atoms with Crippen LogP contribution in [0.2, 0.25) is 5.02 Å². The number of nitrogens with one attached hydrogen (secondary N) is 2. The van der Waals surface area contributed by atoms with Crippen molar-refractivity contribution < 1.29 is 4.79 Å². The first kappa shape index (κ1) is 14.4. The highest BCUT2D eigenvalue weighted by molar-refractivity contribution is 6.30. The molecule has 0 bridgehead atoms. The van der Waals surface area contributed by atoms with Gasteiger partial charge in [0.25, 0.3) is 5.91 Å². The molecule has 0 saturated heterocycles. The molecule has 0 atom stereocenters. The summed E-state index contributed by atoms with van der Waals surface area (Å²) >= 11 is 5.82. The highest BCUT2D eigenvalue weighted by atomic mass is 35.5. The number of hydrogen-bond acceptors (Lipinski definition) is 2. The molecule has 2 aromatic carbocycles. The minimum absolute atomic E-state index is 0.118. The van der Waals surface area contributed by atoms with E-state index in [2.05, 4.69) is 10.6 Å². The monoisotopic (exact) mass is 288 g/mol. The zero-order chi connectivity index (χ0) is 14.5. The van der Waals surface area contributed by atoms with E-state index in [1.807, 2.05) is 32.0 Å². The molecule has 2 N–H and O–H groups in total. The number of amides is 1. The molecule has 0 radical (unpaired) electrons. The minimum Gasteiger partial charge on any atom is -0.385 e. The molecule has 0 aromatic heterocycles. The second kappa shape index (κ2) is 6.44. The van der Waals surface area contributed by atoms with E-state index in [4.69, 9.17) is 11.6 Å². The molecule has 2 rings (SSSR count). The summed E-state index contributed by atoms with van der Waals surface area (Å²) in [6, 6.07) is 12.8. The Bertz CT molecular complexity index is 608. The Labute approximate surface area is 124 Å². The van der Waals surface area contributed by atoms with Crippen molar-refractivity contribution in [3.05, 3.63) is 58.6 Å². The van der Waals surface area contributed by atoms with Gasteiger partial charge in [0.2, 0.25) is 0 Å². The molecule has 0 aliphatic heterocycles. The number of hydrogen-bond donors (Lipinski definition) is 2. The lowest BCUT2D eigenvalue weighted by molar-refractivity contribution is 0.102. The van der Waals surface area contributed by atoms with E-state index < -0.39 is 0 Å². The van der Waals surface area contributed by atoms with Crippen molar-refractivity contribution in [3.63, 3.8) is 0 Å². The zero-order valence-electron chi connectivity index (χ0n) is 11.5. The summed E-state index contributed by atoms with van der Waals surface area (Å²) in [5, 5.41) is 6.73. The first-order valence-corrected chi connectivity index (χ1v) is 6.89. The molecule has 2 aromatic rings. The highest BCUT2D eigenvalue weighted by Crippen LogP contribution is 2.18. The molecular formula is C16H17ClN2O. The van der Waals surface area contributed by atoms with Gasteiger partial charge in [-0.3, -0.25) is 4.79 Å². The molecule has 20 heavy (non-hydrogen) atoms. The molecule has 0 heterocycles. The molecule has 4 heteroatoms. The molecule has 1 amide bonds. The van der Waals surface area contributed by atoms with Gasteiger partial charge in [-0.05, 0) is 61.9 Å². The van der Waals surface area contributed by atoms with Crippen LogP contribution in [-0.2, 0) is 0 Å². The maximum Gasteiger partial charge on any atom is 0.255 e. The van der Waals surface area contributed by atoms with E-state index in [9.17, 15) is 4.79 Å². The Morgan fingerprint density at radius 3 is 2.35 bits per heavy atom. The molecule has 0 saturated carbocycles. The average molecular weight is 289 g/mol. The number of anilines is 2. The lowest BCUT2D eigenvalue weighted by Gasteiger charge is -2.10. The van der Waals surface area contributed by atoms with Crippen molar-refractivity contribution in [2.75, 3.05) is 17.2 Å². The van der Waals surface area contributed by atoms with Crippen LogP contribution in [0.4, 0.5) is 11.4 Å². The number of carbonyl (C=O) groups excluding carboxylic acids is 1. The van der Waals surface area contributed by atoms with E-state index in [-0.39, 0.29) is 5.91 Å². The molecule has 0 unspecified atom stereocenters. The van der Waals surface area contributed by atoms with Crippen molar-refractivity contribution >= 4 is 28.9 Å². The molecule has 0 spiro atoms. The van der Waals surface area contributed by atoms with E-state index >= 15 is 0 Å². The van der Waals surface area contributed by atoms with Crippen molar-refractivity contribution in [1.29, 1.82) is 0 Å². The van der Waals surface area contributed by atoms with E-state index in [1.165, 1.54) is 0 Å². The Morgan fingerprint density at radius 1 is 1.10 bits per heavy atom. The number of rotatable bonds is 4. The maximum atomic E-state index is 12.2. The van der Waals surface area contributed by atoms with Crippen LogP contribution >= 0.6 is 11.6 Å². The first-order chi connectivity index (χ1) is 9.60. The number of carbonyl (C=O) groups is 1. The van der Waals surface area contributed by atoms with Gasteiger partial charge in [-0.1, -0.05) is 11.6 Å². The molecule has 0 fully saturated rings.